The van der Waals surface area contributed by atoms with E-state index in [1.165, 1.54) is 6.07 Å². The number of rotatable bonds is 0. The SMILES string of the molecule is Fc1cc[c]cc1I. The molecule has 8 heavy (non-hydrogen) atoms. The van der Waals surface area contributed by atoms with Gasteiger partial charge >= 0.3 is 0 Å². The first-order chi connectivity index (χ1) is 3.80. The first kappa shape index (κ1) is 6.01. The van der Waals surface area contributed by atoms with Crippen LogP contribution in [0.5, 0.6) is 0 Å². The third kappa shape index (κ3) is 1.18. The molecule has 0 heterocycles. The molecule has 0 spiro atoms. The number of halogens is 2. The van der Waals surface area contributed by atoms with Crippen LogP contribution in [0.2, 0.25) is 0 Å². The lowest BCUT2D eigenvalue weighted by atomic mass is 10.4. The normalized spacial score (nSPS) is 9.25. The standard InChI is InChI=1S/C6H3FI/c7-5-3-1-2-4-6(5)8/h1,3-4H. The lowest BCUT2D eigenvalue weighted by Crippen LogP contribution is -1.75. The Morgan fingerprint density at radius 3 is 2.75 bits per heavy atom. The summed E-state index contributed by atoms with van der Waals surface area (Å²) < 4.78 is 12.9. The summed E-state index contributed by atoms with van der Waals surface area (Å²) in [6, 6.07) is 7.30. The van der Waals surface area contributed by atoms with Crippen LogP contribution in [-0.4, -0.2) is 0 Å². The van der Waals surface area contributed by atoms with Gasteiger partial charge in [0.1, 0.15) is 5.82 Å². The zero-order valence-corrected chi connectivity index (χ0v) is 6.15. The van der Waals surface area contributed by atoms with Gasteiger partial charge in [-0.05, 0) is 40.8 Å². The van der Waals surface area contributed by atoms with Crippen molar-refractivity contribution in [2.75, 3.05) is 0 Å². The Bertz CT molecular complexity index is 165. The van der Waals surface area contributed by atoms with E-state index in [-0.39, 0.29) is 5.82 Å². The van der Waals surface area contributed by atoms with Gasteiger partial charge in [0, 0.05) is 3.57 Å². The Kier molecular flexibility index (Phi) is 1.83. The first-order valence-corrected chi connectivity index (χ1v) is 3.19. The predicted molar refractivity (Wildman–Crippen MR) is 38.0 cm³/mol. The van der Waals surface area contributed by atoms with E-state index in [9.17, 15) is 4.39 Å². The quantitative estimate of drug-likeness (QED) is 0.589. The van der Waals surface area contributed by atoms with Gasteiger partial charge in [-0.15, -0.1) is 0 Å². The summed E-state index contributed by atoms with van der Waals surface area (Å²) in [5, 5.41) is 0. The largest absolute Gasteiger partial charge is 0.206 e. The second-order valence-corrected chi connectivity index (χ2v) is 2.50. The van der Waals surface area contributed by atoms with Crippen LogP contribution in [-0.2, 0) is 0 Å². The molecule has 0 saturated heterocycles. The van der Waals surface area contributed by atoms with Gasteiger partial charge in [-0.25, -0.2) is 4.39 Å². The molecule has 0 fully saturated rings. The van der Waals surface area contributed by atoms with Gasteiger partial charge in [0.05, 0.1) is 0 Å². The van der Waals surface area contributed by atoms with Crippen molar-refractivity contribution in [1.82, 2.24) is 0 Å². The van der Waals surface area contributed by atoms with E-state index < -0.39 is 0 Å². The molecule has 0 unspecified atom stereocenters. The van der Waals surface area contributed by atoms with Gasteiger partial charge < -0.3 is 0 Å². The Labute approximate surface area is 60.9 Å². The highest BCUT2D eigenvalue weighted by molar-refractivity contribution is 14.1. The van der Waals surface area contributed by atoms with Gasteiger partial charge in [-0.3, -0.25) is 0 Å². The number of benzene rings is 1. The second-order valence-electron chi connectivity index (χ2n) is 1.34. The Hall–Kier alpha value is -0.120. The summed E-state index contributed by atoms with van der Waals surface area (Å²) in [5.74, 6) is -0.177. The molecule has 0 aliphatic rings. The number of hydrogen-bond donors (Lipinski definition) is 0. The molecule has 1 aromatic carbocycles. The number of hydrogen-bond acceptors (Lipinski definition) is 0. The Morgan fingerprint density at radius 2 is 2.38 bits per heavy atom. The van der Waals surface area contributed by atoms with E-state index in [1.54, 1.807) is 12.1 Å². The summed E-state index contributed by atoms with van der Waals surface area (Å²) in [5.41, 5.74) is 0. The molecule has 0 atom stereocenters. The molecule has 1 radical (unpaired) electrons. The van der Waals surface area contributed by atoms with Crippen molar-refractivity contribution in [2.45, 2.75) is 0 Å². The van der Waals surface area contributed by atoms with Gasteiger partial charge in [0.2, 0.25) is 0 Å². The highest BCUT2D eigenvalue weighted by Gasteiger charge is 1.91. The minimum Gasteiger partial charge on any atom is -0.206 e. The molecule has 0 bridgehead atoms. The minimum absolute atomic E-state index is 0.177. The molecule has 2 heteroatoms. The molecule has 0 amide bonds. The molecular formula is C6H3FI. The highest BCUT2D eigenvalue weighted by Crippen LogP contribution is 2.07. The van der Waals surface area contributed by atoms with Crippen LogP contribution < -0.4 is 0 Å². The maximum absolute atomic E-state index is 12.3. The molecule has 41 valence electrons. The van der Waals surface area contributed by atoms with Crippen LogP contribution in [0.15, 0.2) is 18.2 Å². The fourth-order valence-corrected chi connectivity index (χ4v) is 0.751. The average Bonchev–Trinajstić information content (AvgIpc) is 1.77. The van der Waals surface area contributed by atoms with Crippen LogP contribution in [0.3, 0.4) is 0 Å². The molecule has 0 aliphatic heterocycles. The summed E-state index contributed by atoms with van der Waals surface area (Å²) in [7, 11) is 0. The molecule has 0 aromatic heterocycles. The fraction of sp³-hybridized carbons (Fsp3) is 0. The van der Waals surface area contributed by atoms with Crippen LogP contribution in [0.4, 0.5) is 4.39 Å². The molecule has 0 nitrogen and oxygen atoms in total. The lowest BCUT2D eigenvalue weighted by molar-refractivity contribution is 0.620. The van der Waals surface area contributed by atoms with E-state index in [0.717, 1.165) is 0 Å². The van der Waals surface area contributed by atoms with Gasteiger partial charge in [-0.2, -0.15) is 0 Å². The third-order valence-corrected chi connectivity index (χ3v) is 1.59. The molecule has 0 aliphatic carbocycles. The summed E-state index contributed by atoms with van der Waals surface area (Å²) in [6.45, 7) is 0. The van der Waals surface area contributed by atoms with Crippen molar-refractivity contribution < 1.29 is 4.39 Å². The third-order valence-electron chi connectivity index (χ3n) is 0.764. The van der Waals surface area contributed by atoms with Gasteiger partial charge in [0.15, 0.2) is 0 Å². The molecule has 1 rings (SSSR count). The monoisotopic (exact) mass is 221 g/mol. The topological polar surface area (TPSA) is 0 Å². The fourth-order valence-electron chi connectivity index (χ4n) is 0.391. The van der Waals surface area contributed by atoms with Gasteiger partial charge in [-0.1, -0.05) is 6.07 Å². The van der Waals surface area contributed by atoms with Crippen molar-refractivity contribution in [3.05, 3.63) is 33.7 Å². The van der Waals surface area contributed by atoms with Crippen LogP contribution in [0.1, 0.15) is 0 Å². The molecule has 1 aromatic rings. The van der Waals surface area contributed by atoms with E-state index in [4.69, 9.17) is 0 Å². The highest BCUT2D eigenvalue weighted by atomic mass is 127. The van der Waals surface area contributed by atoms with Crippen molar-refractivity contribution >= 4 is 22.6 Å². The zero-order valence-electron chi connectivity index (χ0n) is 3.99. The second kappa shape index (κ2) is 2.44. The Balaban J connectivity index is 3.13. The van der Waals surface area contributed by atoms with E-state index in [0.29, 0.717) is 3.57 Å². The summed E-state index contributed by atoms with van der Waals surface area (Å²) >= 11 is 1.92. The van der Waals surface area contributed by atoms with Crippen molar-refractivity contribution in [3.8, 4) is 0 Å². The summed E-state index contributed by atoms with van der Waals surface area (Å²) in [6.07, 6.45) is 0. The van der Waals surface area contributed by atoms with E-state index in [1.807, 2.05) is 22.6 Å². The molecular weight excluding hydrogens is 218 g/mol. The molecule has 0 N–H and O–H groups in total. The first-order valence-electron chi connectivity index (χ1n) is 2.12. The van der Waals surface area contributed by atoms with E-state index in [2.05, 4.69) is 6.07 Å². The van der Waals surface area contributed by atoms with Crippen molar-refractivity contribution in [1.29, 1.82) is 0 Å². The Morgan fingerprint density at radius 1 is 1.62 bits per heavy atom. The van der Waals surface area contributed by atoms with Crippen LogP contribution in [0, 0.1) is 15.5 Å². The maximum Gasteiger partial charge on any atom is 0.136 e. The average molecular weight is 221 g/mol. The van der Waals surface area contributed by atoms with Gasteiger partial charge in [0.25, 0.3) is 0 Å². The maximum atomic E-state index is 12.3. The van der Waals surface area contributed by atoms with E-state index >= 15 is 0 Å². The van der Waals surface area contributed by atoms with Crippen LogP contribution >= 0.6 is 22.6 Å². The van der Waals surface area contributed by atoms with Crippen LogP contribution in [0.25, 0.3) is 0 Å². The molecule has 0 saturated carbocycles. The zero-order chi connectivity index (χ0) is 5.98. The predicted octanol–water partition coefficient (Wildman–Crippen LogP) is 2.23. The summed E-state index contributed by atoms with van der Waals surface area (Å²) in [4.78, 5) is 0. The van der Waals surface area contributed by atoms with Crippen molar-refractivity contribution in [2.24, 2.45) is 0 Å². The van der Waals surface area contributed by atoms with Crippen molar-refractivity contribution in [3.63, 3.8) is 0 Å². The smallest absolute Gasteiger partial charge is 0.136 e. The lowest BCUT2D eigenvalue weighted by Gasteiger charge is -1.86. The minimum atomic E-state index is -0.177.